The molecule has 1 N–H and O–H groups in total. The molecule has 0 aliphatic heterocycles. The van der Waals surface area contributed by atoms with E-state index in [0.29, 0.717) is 22.3 Å². The Morgan fingerprint density at radius 3 is 2.28 bits per heavy atom. The Labute approximate surface area is 153 Å². The second-order valence-corrected chi connectivity index (χ2v) is 7.38. The highest BCUT2D eigenvalue weighted by Gasteiger charge is 2.12. The quantitative estimate of drug-likeness (QED) is 0.694. The summed E-state index contributed by atoms with van der Waals surface area (Å²) in [4.78, 5) is 13.8. The van der Waals surface area contributed by atoms with Crippen LogP contribution in [0.15, 0.2) is 41.3 Å². The van der Waals surface area contributed by atoms with Crippen LogP contribution in [0.2, 0.25) is 0 Å². The smallest absolute Gasteiger partial charge is 0.255 e. The van der Waals surface area contributed by atoms with Crippen LogP contribution in [-0.2, 0) is 0 Å². The fourth-order valence-corrected chi connectivity index (χ4v) is 3.32. The SMILES string of the molecule is CCC(C)Sc1ccc(NC(=O)c2cc(OC)cc(OC)c2)c(C)c1. The number of methoxy groups -OCH3 is 2. The monoisotopic (exact) mass is 359 g/mol. The third kappa shape index (κ3) is 5.16. The summed E-state index contributed by atoms with van der Waals surface area (Å²) < 4.78 is 10.4. The van der Waals surface area contributed by atoms with Gasteiger partial charge in [-0.05, 0) is 49.2 Å². The number of carbonyl (C=O) groups is 1. The Morgan fingerprint density at radius 2 is 1.76 bits per heavy atom. The standard InChI is InChI=1S/C20H25NO3S/c1-6-14(3)25-18-7-8-19(13(2)9-18)21-20(22)15-10-16(23-4)12-17(11-15)24-5/h7-12,14H,6H2,1-5H3,(H,21,22). The summed E-state index contributed by atoms with van der Waals surface area (Å²) in [7, 11) is 3.13. The van der Waals surface area contributed by atoms with Gasteiger partial charge in [0.15, 0.2) is 0 Å². The van der Waals surface area contributed by atoms with Gasteiger partial charge in [-0.15, -0.1) is 11.8 Å². The molecule has 0 fully saturated rings. The summed E-state index contributed by atoms with van der Waals surface area (Å²) in [5.74, 6) is 0.977. The van der Waals surface area contributed by atoms with Gasteiger partial charge in [0.25, 0.3) is 5.91 Å². The highest BCUT2D eigenvalue weighted by Crippen LogP contribution is 2.29. The van der Waals surface area contributed by atoms with E-state index in [4.69, 9.17) is 9.47 Å². The lowest BCUT2D eigenvalue weighted by molar-refractivity contribution is 0.102. The van der Waals surface area contributed by atoms with E-state index in [1.807, 2.05) is 30.8 Å². The Hall–Kier alpha value is -2.14. The molecule has 0 spiro atoms. The van der Waals surface area contributed by atoms with Crippen LogP contribution < -0.4 is 14.8 Å². The summed E-state index contributed by atoms with van der Waals surface area (Å²) in [5.41, 5.74) is 2.34. The molecule has 0 aromatic heterocycles. The van der Waals surface area contributed by atoms with Gasteiger partial charge < -0.3 is 14.8 Å². The molecular weight excluding hydrogens is 334 g/mol. The number of aryl methyl sites for hydroxylation is 1. The first-order valence-electron chi connectivity index (χ1n) is 8.28. The maximum absolute atomic E-state index is 12.6. The molecule has 4 nitrogen and oxygen atoms in total. The number of anilines is 1. The van der Waals surface area contributed by atoms with Crippen molar-refractivity contribution in [3.8, 4) is 11.5 Å². The minimum atomic E-state index is -0.192. The van der Waals surface area contributed by atoms with E-state index in [0.717, 1.165) is 17.7 Å². The topological polar surface area (TPSA) is 47.6 Å². The van der Waals surface area contributed by atoms with Crippen LogP contribution in [0.4, 0.5) is 5.69 Å². The lowest BCUT2D eigenvalue weighted by Crippen LogP contribution is -2.13. The summed E-state index contributed by atoms with van der Waals surface area (Å²) in [6, 6.07) is 11.2. The maximum atomic E-state index is 12.6. The van der Waals surface area contributed by atoms with Crippen molar-refractivity contribution < 1.29 is 14.3 Å². The molecule has 1 amide bonds. The minimum absolute atomic E-state index is 0.192. The third-order valence-electron chi connectivity index (χ3n) is 3.97. The van der Waals surface area contributed by atoms with E-state index in [9.17, 15) is 4.79 Å². The van der Waals surface area contributed by atoms with Crippen molar-refractivity contribution >= 4 is 23.4 Å². The van der Waals surface area contributed by atoms with Crippen molar-refractivity contribution in [2.24, 2.45) is 0 Å². The average Bonchev–Trinajstić information content (AvgIpc) is 2.63. The summed E-state index contributed by atoms with van der Waals surface area (Å²) >= 11 is 1.85. The predicted molar refractivity (Wildman–Crippen MR) is 104 cm³/mol. The third-order valence-corrected chi connectivity index (χ3v) is 5.23. The number of hydrogen-bond acceptors (Lipinski definition) is 4. The number of hydrogen-bond donors (Lipinski definition) is 1. The molecule has 0 aliphatic rings. The highest BCUT2D eigenvalue weighted by atomic mass is 32.2. The number of amides is 1. The molecule has 0 heterocycles. The maximum Gasteiger partial charge on any atom is 0.255 e. The van der Waals surface area contributed by atoms with Crippen molar-refractivity contribution in [1.82, 2.24) is 0 Å². The Bertz CT molecular complexity index is 723. The van der Waals surface area contributed by atoms with Crippen LogP contribution >= 0.6 is 11.8 Å². The van der Waals surface area contributed by atoms with Gasteiger partial charge in [0.1, 0.15) is 11.5 Å². The first-order chi connectivity index (χ1) is 12.0. The Balaban J connectivity index is 2.17. The Morgan fingerprint density at radius 1 is 1.12 bits per heavy atom. The molecule has 2 aromatic rings. The molecule has 0 saturated carbocycles. The van der Waals surface area contributed by atoms with Crippen molar-refractivity contribution in [2.45, 2.75) is 37.3 Å². The van der Waals surface area contributed by atoms with Crippen molar-refractivity contribution in [1.29, 1.82) is 0 Å². The number of rotatable bonds is 7. The van der Waals surface area contributed by atoms with E-state index in [-0.39, 0.29) is 5.91 Å². The van der Waals surface area contributed by atoms with Gasteiger partial charge in [0, 0.05) is 27.5 Å². The number of thioether (sulfide) groups is 1. The molecule has 25 heavy (non-hydrogen) atoms. The molecule has 1 atom stereocenters. The lowest BCUT2D eigenvalue weighted by atomic mass is 10.1. The molecule has 0 radical (unpaired) electrons. The molecule has 2 aromatic carbocycles. The molecule has 1 unspecified atom stereocenters. The van der Waals surface area contributed by atoms with E-state index < -0.39 is 0 Å². The number of nitrogens with one attached hydrogen (secondary N) is 1. The second kappa shape index (κ2) is 8.81. The minimum Gasteiger partial charge on any atom is -0.497 e. The molecule has 134 valence electrons. The first-order valence-corrected chi connectivity index (χ1v) is 9.16. The van der Waals surface area contributed by atoms with Crippen LogP contribution in [0, 0.1) is 6.92 Å². The van der Waals surface area contributed by atoms with Crippen molar-refractivity contribution in [2.75, 3.05) is 19.5 Å². The van der Waals surface area contributed by atoms with Gasteiger partial charge in [-0.3, -0.25) is 4.79 Å². The molecule has 2 rings (SSSR count). The van der Waals surface area contributed by atoms with E-state index in [2.05, 4.69) is 25.2 Å². The van der Waals surface area contributed by atoms with Gasteiger partial charge >= 0.3 is 0 Å². The van der Waals surface area contributed by atoms with Crippen LogP contribution in [0.3, 0.4) is 0 Å². The van der Waals surface area contributed by atoms with Crippen LogP contribution in [-0.4, -0.2) is 25.4 Å². The summed E-state index contributed by atoms with van der Waals surface area (Å²) in [6.45, 7) is 6.40. The number of benzene rings is 2. The normalized spacial score (nSPS) is 11.7. The molecule has 0 saturated heterocycles. The molecule has 0 aliphatic carbocycles. The molecule has 5 heteroatoms. The summed E-state index contributed by atoms with van der Waals surface area (Å²) in [5, 5.41) is 3.54. The number of carbonyl (C=O) groups excluding carboxylic acids is 1. The zero-order chi connectivity index (χ0) is 18.4. The largest absolute Gasteiger partial charge is 0.497 e. The zero-order valence-electron chi connectivity index (χ0n) is 15.4. The van der Waals surface area contributed by atoms with Gasteiger partial charge in [0.2, 0.25) is 0 Å². The van der Waals surface area contributed by atoms with Crippen molar-refractivity contribution in [3.05, 3.63) is 47.5 Å². The highest BCUT2D eigenvalue weighted by molar-refractivity contribution is 7.99. The van der Waals surface area contributed by atoms with Gasteiger partial charge in [-0.1, -0.05) is 13.8 Å². The van der Waals surface area contributed by atoms with E-state index >= 15 is 0 Å². The molecular formula is C20H25NO3S. The molecule has 0 bridgehead atoms. The fourth-order valence-electron chi connectivity index (χ4n) is 2.30. The lowest BCUT2D eigenvalue weighted by Gasteiger charge is -2.13. The average molecular weight is 359 g/mol. The van der Waals surface area contributed by atoms with E-state index in [1.54, 1.807) is 32.4 Å². The zero-order valence-corrected chi connectivity index (χ0v) is 16.2. The predicted octanol–water partition coefficient (Wildman–Crippen LogP) is 5.16. The van der Waals surface area contributed by atoms with Crippen LogP contribution in [0.25, 0.3) is 0 Å². The van der Waals surface area contributed by atoms with Crippen molar-refractivity contribution in [3.63, 3.8) is 0 Å². The summed E-state index contributed by atoms with van der Waals surface area (Å²) in [6.07, 6.45) is 1.12. The Kier molecular flexibility index (Phi) is 6.76. The van der Waals surface area contributed by atoms with Crippen LogP contribution in [0.1, 0.15) is 36.2 Å². The fraction of sp³-hybridized carbons (Fsp3) is 0.350. The van der Waals surface area contributed by atoms with E-state index in [1.165, 1.54) is 4.90 Å². The van der Waals surface area contributed by atoms with Crippen LogP contribution in [0.5, 0.6) is 11.5 Å². The number of ether oxygens (including phenoxy) is 2. The van der Waals surface area contributed by atoms with Gasteiger partial charge in [-0.25, -0.2) is 0 Å². The first kappa shape index (κ1) is 19.2. The van der Waals surface area contributed by atoms with Gasteiger partial charge in [-0.2, -0.15) is 0 Å². The second-order valence-electron chi connectivity index (χ2n) is 5.87. The van der Waals surface area contributed by atoms with Gasteiger partial charge in [0.05, 0.1) is 14.2 Å².